The molecule has 2 heterocycles. The van der Waals surface area contributed by atoms with E-state index < -0.39 is 17.7 Å². The second kappa shape index (κ2) is 10.9. The number of carbonyl (C=O) groups excluding carboxylic acids is 2. The van der Waals surface area contributed by atoms with Gasteiger partial charge in [-0.1, -0.05) is 28.1 Å². The summed E-state index contributed by atoms with van der Waals surface area (Å²) in [7, 11) is 4.62. The van der Waals surface area contributed by atoms with E-state index in [4.69, 9.17) is 14.2 Å². The number of likely N-dealkylation sites (tertiary alicyclic amines) is 1. The molecule has 9 heteroatoms. The summed E-state index contributed by atoms with van der Waals surface area (Å²) >= 11 is 3.49. The Morgan fingerprint density at radius 2 is 1.77 bits per heavy atom. The van der Waals surface area contributed by atoms with E-state index in [0.717, 1.165) is 26.7 Å². The van der Waals surface area contributed by atoms with Crippen LogP contribution in [-0.4, -0.2) is 54.6 Å². The molecule has 1 aliphatic rings. The molecule has 1 aromatic heterocycles. The Kier molecular flexibility index (Phi) is 7.34. The van der Waals surface area contributed by atoms with Crippen molar-refractivity contribution in [2.45, 2.75) is 12.5 Å². The van der Waals surface area contributed by atoms with Crippen LogP contribution in [-0.2, 0) is 16.0 Å². The van der Waals surface area contributed by atoms with Crippen molar-refractivity contribution < 1.29 is 28.9 Å². The number of Topliss-reactive ketones (excluding diaryl/α,β-unsaturated/α-hetero) is 1. The maximum Gasteiger partial charge on any atom is 0.295 e. The molecule has 1 aliphatic heterocycles. The molecule has 1 fully saturated rings. The van der Waals surface area contributed by atoms with Crippen LogP contribution < -0.4 is 14.2 Å². The summed E-state index contributed by atoms with van der Waals surface area (Å²) in [5.74, 6) is -0.0864. The first kappa shape index (κ1) is 26.4. The zero-order chi connectivity index (χ0) is 27.7. The van der Waals surface area contributed by atoms with Gasteiger partial charge in [-0.3, -0.25) is 9.59 Å². The number of ketones is 1. The summed E-state index contributed by atoms with van der Waals surface area (Å²) in [5, 5.41) is 12.4. The average Bonchev–Trinajstić information content (AvgIpc) is 3.48. The fourth-order valence-corrected chi connectivity index (χ4v) is 5.42. The molecule has 8 nitrogen and oxygen atoms in total. The fraction of sp³-hybridized carbons (Fsp3) is 0.200. The monoisotopic (exact) mass is 590 g/mol. The Bertz CT molecular complexity index is 1610. The summed E-state index contributed by atoms with van der Waals surface area (Å²) in [6, 6.07) is 17.2. The Balaban J connectivity index is 1.57. The van der Waals surface area contributed by atoms with Crippen LogP contribution in [0.2, 0.25) is 0 Å². The number of ether oxygens (including phenoxy) is 3. The molecule has 1 saturated heterocycles. The van der Waals surface area contributed by atoms with Gasteiger partial charge in [0.05, 0.1) is 32.9 Å². The molecule has 200 valence electrons. The fourth-order valence-electron chi connectivity index (χ4n) is 5.01. The van der Waals surface area contributed by atoms with Gasteiger partial charge in [0.15, 0.2) is 11.5 Å². The number of amides is 1. The largest absolute Gasteiger partial charge is 0.507 e. The zero-order valence-electron chi connectivity index (χ0n) is 21.7. The minimum Gasteiger partial charge on any atom is -0.507 e. The third-order valence-electron chi connectivity index (χ3n) is 6.96. The van der Waals surface area contributed by atoms with Crippen molar-refractivity contribution in [3.05, 3.63) is 93.6 Å². The molecule has 1 unspecified atom stereocenters. The van der Waals surface area contributed by atoms with E-state index in [2.05, 4.69) is 20.9 Å². The summed E-state index contributed by atoms with van der Waals surface area (Å²) in [4.78, 5) is 31.6. The topological polar surface area (TPSA) is 101 Å². The van der Waals surface area contributed by atoms with Gasteiger partial charge in [0, 0.05) is 33.7 Å². The summed E-state index contributed by atoms with van der Waals surface area (Å²) in [5.41, 5.74) is 3.00. The number of aromatic nitrogens is 1. The van der Waals surface area contributed by atoms with Gasteiger partial charge < -0.3 is 29.2 Å². The van der Waals surface area contributed by atoms with E-state index in [1.165, 1.54) is 19.1 Å². The minimum absolute atomic E-state index is 0.0194. The molecule has 1 atom stereocenters. The number of carbonyl (C=O) groups is 2. The number of nitrogens with zero attached hydrogens (tertiary/aromatic N) is 1. The highest BCUT2D eigenvalue weighted by atomic mass is 79.9. The minimum atomic E-state index is -0.782. The number of fused-ring (bicyclic) bond motifs is 1. The molecule has 2 N–H and O–H groups in total. The summed E-state index contributed by atoms with van der Waals surface area (Å²) in [6.45, 7) is 0.259. The molecule has 0 radical (unpaired) electrons. The second-order valence-corrected chi connectivity index (χ2v) is 10.0. The maximum absolute atomic E-state index is 13.4. The lowest BCUT2D eigenvalue weighted by molar-refractivity contribution is -0.139. The van der Waals surface area contributed by atoms with Gasteiger partial charge in [-0.05, 0) is 66.1 Å². The first-order valence-corrected chi connectivity index (χ1v) is 13.1. The molecule has 0 bridgehead atoms. The van der Waals surface area contributed by atoms with Gasteiger partial charge >= 0.3 is 0 Å². The SMILES string of the molecule is COc1ccc2[nH]cc(CCN3C(=O)C(=O)/C(=C(\O)c4ccc(OC)c(OC)c4)C3c3cccc(Br)c3)c2c1. The van der Waals surface area contributed by atoms with Crippen LogP contribution in [0.25, 0.3) is 16.7 Å². The number of methoxy groups -OCH3 is 3. The van der Waals surface area contributed by atoms with Gasteiger partial charge in [0.25, 0.3) is 11.7 Å². The van der Waals surface area contributed by atoms with E-state index in [0.29, 0.717) is 29.0 Å². The van der Waals surface area contributed by atoms with Crippen LogP contribution in [0, 0.1) is 0 Å². The highest BCUT2D eigenvalue weighted by molar-refractivity contribution is 9.10. The number of aliphatic hydroxyl groups is 1. The van der Waals surface area contributed by atoms with Crippen LogP contribution in [0.5, 0.6) is 17.2 Å². The number of nitrogens with one attached hydrogen (secondary N) is 1. The summed E-state index contributed by atoms with van der Waals surface area (Å²) < 4.78 is 16.8. The van der Waals surface area contributed by atoms with Crippen LogP contribution in [0.15, 0.2) is 76.9 Å². The number of aliphatic hydroxyl groups excluding tert-OH is 1. The third-order valence-corrected chi connectivity index (χ3v) is 7.45. The number of hydrogen-bond donors (Lipinski definition) is 2. The van der Waals surface area contributed by atoms with E-state index in [1.807, 2.05) is 48.7 Å². The number of H-pyrrole nitrogens is 1. The van der Waals surface area contributed by atoms with Crippen molar-refractivity contribution in [1.29, 1.82) is 0 Å². The highest BCUT2D eigenvalue weighted by Gasteiger charge is 2.46. The predicted octanol–water partition coefficient (Wildman–Crippen LogP) is 5.62. The number of benzene rings is 3. The Morgan fingerprint density at radius 3 is 2.49 bits per heavy atom. The molecule has 0 aliphatic carbocycles. The lowest BCUT2D eigenvalue weighted by Crippen LogP contribution is -2.31. The van der Waals surface area contributed by atoms with Gasteiger partial charge in [-0.15, -0.1) is 0 Å². The molecule has 39 heavy (non-hydrogen) atoms. The first-order valence-electron chi connectivity index (χ1n) is 12.3. The zero-order valence-corrected chi connectivity index (χ0v) is 23.2. The van der Waals surface area contributed by atoms with Crippen LogP contribution in [0.4, 0.5) is 0 Å². The lowest BCUT2D eigenvalue weighted by atomic mass is 9.95. The number of aromatic amines is 1. The average molecular weight is 591 g/mol. The summed E-state index contributed by atoms with van der Waals surface area (Å²) in [6.07, 6.45) is 2.39. The number of hydrogen-bond acceptors (Lipinski definition) is 6. The van der Waals surface area contributed by atoms with Crippen molar-refractivity contribution in [1.82, 2.24) is 9.88 Å². The van der Waals surface area contributed by atoms with Gasteiger partial charge in [-0.25, -0.2) is 0 Å². The first-order chi connectivity index (χ1) is 18.9. The standard InChI is InChI=1S/C30H27BrN2O6/c1-37-21-8-9-23-22(15-21)19(16-32-23)11-12-33-27(17-5-4-6-20(31)13-17)26(29(35)30(33)36)28(34)18-7-10-24(38-2)25(14-18)39-3/h4-10,13-16,27,32,34H,11-12H2,1-3H3/b28-26-. The molecular weight excluding hydrogens is 564 g/mol. The highest BCUT2D eigenvalue weighted by Crippen LogP contribution is 2.41. The van der Waals surface area contributed by atoms with E-state index >= 15 is 0 Å². The van der Waals surface area contributed by atoms with E-state index in [-0.39, 0.29) is 17.9 Å². The number of halogens is 1. The molecular formula is C30H27BrN2O6. The normalized spacial score (nSPS) is 16.6. The maximum atomic E-state index is 13.4. The Hall–Kier alpha value is -4.24. The second-order valence-electron chi connectivity index (χ2n) is 9.09. The van der Waals surface area contributed by atoms with Crippen LogP contribution >= 0.6 is 15.9 Å². The van der Waals surface area contributed by atoms with Gasteiger partial charge in [-0.2, -0.15) is 0 Å². The van der Waals surface area contributed by atoms with E-state index in [1.54, 1.807) is 25.3 Å². The van der Waals surface area contributed by atoms with Crippen molar-refractivity contribution >= 4 is 44.3 Å². The smallest absolute Gasteiger partial charge is 0.295 e. The molecule has 1 amide bonds. The molecule has 3 aromatic carbocycles. The Morgan fingerprint density at radius 1 is 0.974 bits per heavy atom. The molecule has 0 saturated carbocycles. The van der Waals surface area contributed by atoms with Crippen molar-refractivity contribution in [3.8, 4) is 17.2 Å². The van der Waals surface area contributed by atoms with E-state index in [9.17, 15) is 14.7 Å². The lowest BCUT2D eigenvalue weighted by Gasteiger charge is -2.25. The predicted molar refractivity (Wildman–Crippen MR) is 151 cm³/mol. The van der Waals surface area contributed by atoms with Crippen molar-refractivity contribution in [2.24, 2.45) is 0 Å². The molecule has 0 spiro atoms. The van der Waals surface area contributed by atoms with Crippen LogP contribution in [0.3, 0.4) is 0 Å². The molecule has 5 rings (SSSR count). The quantitative estimate of drug-likeness (QED) is 0.157. The van der Waals surface area contributed by atoms with Gasteiger partial charge in [0.2, 0.25) is 0 Å². The van der Waals surface area contributed by atoms with Gasteiger partial charge in [0.1, 0.15) is 11.5 Å². The number of rotatable bonds is 8. The molecule has 4 aromatic rings. The van der Waals surface area contributed by atoms with Crippen LogP contribution in [0.1, 0.15) is 22.7 Å². The Labute approximate surface area is 233 Å². The van der Waals surface area contributed by atoms with Crippen molar-refractivity contribution in [2.75, 3.05) is 27.9 Å². The van der Waals surface area contributed by atoms with Crippen molar-refractivity contribution in [3.63, 3.8) is 0 Å². The third kappa shape index (κ3) is 4.85.